The molecule has 1 aromatic rings. The van der Waals surface area contributed by atoms with Crippen LogP contribution in [-0.2, 0) is 6.42 Å². The summed E-state index contributed by atoms with van der Waals surface area (Å²) < 4.78 is 0. The highest BCUT2D eigenvalue weighted by Gasteiger charge is 2.21. The molecule has 2 N–H and O–H groups in total. The number of piperazine rings is 1. The molecule has 0 saturated carbocycles. The van der Waals surface area contributed by atoms with E-state index in [-0.39, 0.29) is 5.91 Å². The molecule has 5 nitrogen and oxygen atoms in total. The van der Waals surface area contributed by atoms with E-state index in [2.05, 4.69) is 16.8 Å². The van der Waals surface area contributed by atoms with Crippen LogP contribution in [0.25, 0.3) is 0 Å². The smallest absolute Gasteiger partial charge is 0.254 e. The Kier molecular flexibility index (Phi) is 4.37. The Morgan fingerprint density at radius 2 is 1.95 bits per heavy atom. The number of anilines is 1. The third-order valence-corrected chi connectivity index (χ3v) is 3.61. The molecule has 1 amide bonds. The zero-order valence-corrected chi connectivity index (χ0v) is 11.7. The molecule has 0 aromatic carbocycles. The quantitative estimate of drug-likeness (QED) is 0.883. The summed E-state index contributed by atoms with van der Waals surface area (Å²) in [5.41, 5.74) is 7.29. The number of nitrogens with zero attached hydrogens (tertiary/aromatic N) is 3. The minimum absolute atomic E-state index is 0.0690. The average molecular weight is 262 g/mol. The third-order valence-electron chi connectivity index (χ3n) is 3.61. The first kappa shape index (κ1) is 13.8. The van der Waals surface area contributed by atoms with E-state index in [0.717, 1.165) is 44.8 Å². The van der Waals surface area contributed by atoms with Crippen molar-refractivity contribution in [2.45, 2.75) is 20.3 Å². The number of carbonyl (C=O) groups excluding carboxylic acids is 1. The summed E-state index contributed by atoms with van der Waals surface area (Å²) in [4.78, 5) is 20.9. The van der Waals surface area contributed by atoms with Gasteiger partial charge in [-0.15, -0.1) is 0 Å². The number of pyridine rings is 1. The maximum Gasteiger partial charge on any atom is 0.254 e. The summed E-state index contributed by atoms with van der Waals surface area (Å²) >= 11 is 0. The molecule has 1 fully saturated rings. The Morgan fingerprint density at radius 3 is 2.53 bits per heavy atom. The first-order valence-electron chi connectivity index (χ1n) is 6.92. The lowest BCUT2D eigenvalue weighted by Gasteiger charge is -2.34. The highest BCUT2D eigenvalue weighted by atomic mass is 16.2. The Bertz CT molecular complexity index is 453. The number of aromatic nitrogens is 1. The van der Waals surface area contributed by atoms with Crippen molar-refractivity contribution in [2.24, 2.45) is 0 Å². The lowest BCUT2D eigenvalue weighted by Crippen LogP contribution is -2.48. The van der Waals surface area contributed by atoms with Crippen LogP contribution >= 0.6 is 0 Å². The topological polar surface area (TPSA) is 62.5 Å². The summed E-state index contributed by atoms with van der Waals surface area (Å²) in [7, 11) is 0. The van der Waals surface area contributed by atoms with E-state index in [4.69, 9.17) is 5.73 Å². The summed E-state index contributed by atoms with van der Waals surface area (Å²) in [6.07, 6.45) is 0.787. The number of amides is 1. The van der Waals surface area contributed by atoms with Crippen molar-refractivity contribution >= 4 is 11.7 Å². The molecule has 0 aliphatic carbocycles. The van der Waals surface area contributed by atoms with Crippen LogP contribution in [-0.4, -0.2) is 53.4 Å². The second-order valence-electron chi connectivity index (χ2n) is 4.85. The zero-order valence-electron chi connectivity index (χ0n) is 11.7. The van der Waals surface area contributed by atoms with E-state index < -0.39 is 0 Å². The van der Waals surface area contributed by atoms with E-state index >= 15 is 0 Å². The molecule has 1 aromatic heterocycles. The van der Waals surface area contributed by atoms with Gasteiger partial charge >= 0.3 is 0 Å². The molecule has 1 aliphatic heterocycles. The van der Waals surface area contributed by atoms with Crippen LogP contribution in [0.5, 0.6) is 0 Å². The fourth-order valence-corrected chi connectivity index (χ4v) is 2.37. The van der Waals surface area contributed by atoms with Gasteiger partial charge in [-0.25, -0.2) is 4.98 Å². The van der Waals surface area contributed by atoms with Crippen molar-refractivity contribution in [1.29, 1.82) is 0 Å². The van der Waals surface area contributed by atoms with E-state index in [1.54, 1.807) is 6.07 Å². The highest BCUT2D eigenvalue weighted by Crippen LogP contribution is 2.13. The van der Waals surface area contributed by atoms with Crippen molar-refractivity contribution in [3.8, 4) is 0 Å². The molecule has 0 unspecified atom stereocenters. The van der Waals surface area contributed by atoms with Gasteiger partial charge in [0, 0.05) is 37.4 Å². The highest BCUT2D eigenvalue weighted by molar-refractivity contribution is 5.95. The number of carbonyl (C=O) groups is 1. The Hall–Kier alpha value is -1.62. The number of rotatable bonds is 3. The molecule has 0 bridgehead atoms. The lowest BCUT2D eigenvalue weighted by molar-refractivity contribution is 0.0643. The van der Waals surface area contributed by atoms with Crippen LogP contribution < -0.4 is 5.73 Å². The van der Waals surface area contributed by atoms with Crippen molar-refractivity contribution in [1.82, 2.24) is 14.8 Å². The molecule has 104 valence electrons. The summed E-state index contributed by atoms with van der Waals surface area (Å²) in [6, 6.07) is 3.53. The van der Waals surface area contributed by atoms with Gasteiger partial charge < -0.3 is 15.5 Å². The minimum Gasteiger partial charge on any atom is -0.384 e. The van der Waals surface area contributed by atoms with Gasteiger partial charge in [-0.1, -0.05) is 13.8 Å². The maximum atomic E-state index is 12.4. The molecule has 19 heavy (non-hydrogen) atoms. The third kappa shape index (κ3) is 3.23. The number of hydrogen-bond donors (Lipinski definition) is 1. The number of nitrogen functional groups attached to an aromatic ring is 1. The van der Waals surface area contributed by atoms with Crippen molar-refractivity contribution in [3.05, 3.63) is 23.4 Å². The van der Waals surface area contributed by atoms with Crippen molar-refractivity contribution in [3.63, 3.8) is 0 Å². The van der Waals surface area contributed by atoms with Crippen molar-refractivity contribution in [2.75, 3.05) is 38.5 Å². The van der Waals surface area contributed by atoms with Crippen LogP contribution in [0.2, 0.25) is 0 Å². The second kappa shape index (κ2) is 6.02. The van der Waals surface area contributed by atoms with E-state index in [9.17, 15) is 4.79 Å². The standard InChI is InChI=1S/C14H22N4O/c1-3-12-9-11(10-13(15)16-12)14(19)18-7-5-17(4-2)6-8-18/h9-10H,3-8H2,1-2H3,(H2,15,16). The Balaban J connectivity index is 2.09. The maximum absolute atomic E-state index is 12.4. The van der Waals surface area contributed by atoms with Gasteiger partial charge in [0.25, 0.3) is 5.91 Å². The minimum atomic E-state index is 0.0690. The van der Waals surface area contributed by atoms with Gasteiger partial charge in [-0.2, -0.15) is 0 Å². The van der Waals surface area contributed by atoms with Gasteiger partial charge in [-0.05, 0) is 25.1 Å². The molecule has 0 spiro atoms. The molecule has 1 saturated heterocycles. The molecule has 1 aliphatic rings. The van der Waals surface area contributed by atoms with E-state index in [1.165, 1.54) is 0 Å². The fourth-order valence-electron chi connectivity index (χ4n) is 2.37. The summed E-state index contributed by atoms with van der Waals surface area (Å²) in [5.74, 6) is 0.495. The Labute approximate surface area is 114 Å². The molecule has 0 atom stereocenters. The summed E-state index contributed by atoms with van der Waals surface area (Å²) in [6.45, 7) is 8.68. The van der Waals surface area contributed by atoms with Gasteiger partial charge in [0.15, 0.2) is 0 Å². The van der Waals surface area contributed by atoms with Gasteiger partial charge in [-0.3, -0.25) is 4.79 Å². The van der Waals surface area contributed by atoms with Crippen molar-refractivity contribution < 1.29 is 4.79 Å². The number of hydrogen-bond acceptors (Lipinski definition) is 4. The lowest BCUT2D eigenvalue weighted by atomic mass is 10.1. The molecule has 5 heteroatoms. The monoisotopic (exact) mass is 262 g/mol. The van der Waals surface area contributed by atoms with Crippen LogP contribution in [0.15, 0.2) is 12.1 Å². The van der Waals surface area contributed by atoms with E-state index in [0.29, 0.717) is 11.4 Å². The number of aryl methyl sites for hydroxylation is 1. The predicted molar refractivity (Wildman–Crippen MR) is 76.0 cm³/mol. The second-order valence-corrected chi connectivity index (χ2v) is 4.85. The van der Waals surface area contributed by atoms with Crippen LogP contribution in [0, 0.1) is 0 Å². The molecule has 2 heterocycles. The summed E-state index contributed by atoms with van der Waals surface area (Å²) in [5, 5.41) is 0. The fraction of sp³-hybridized carbons (Fsp3) is 0.571. The predicted octanol–water partition coefficient (Wildman–Crippen LogP) is 1.00. The number of likely N-dealkylation sites (N-methyl/N-ethyl adjacent to an activating group) is 1. The SMILES string of the molecule is CCc1cc(C(=O)N2CCN(CC)CC2)cc(N)n1. The molecular formula is C14H22N4O. The van der Waals surface area contributed by atoms with Gasteiger partial charge in [0.1, 0.15) is 5.82 Å². The van der Waals surface area contributed by atoms with Crippen LogP contribution in [0.4, 0.5) is 5.82 Å². The first-order valence-corrected chi connectivity index (χ1v) is 6.92. The number of nitrogens with two attached hydrogens (primary N) is 1. The zero-order chi connectivity index (χ0) is 13.8. The van der Waals surface area contributed by atoms with Gasteiger partial charge in [0.05, 0.1) is 0 Å². The van der Waals surface area contributed by atoms with Gasteiger partial charge in [0.2, 0.25) is 0 Å². The van der Waals surface area contributed by atoms with Crippen LogP contribution in [0.3, 0.4) is 0 Å². The molecule has 0 radical (unpaired) electrons. The normalized spacial score (nSPS) is 16.6. The Morgan fingerprint density at radius 1 is 1.26 bits per heavy atom. The molecular weight excluding hydrogens is 240 g/mol. The average Bonchev–Trinajstić information content (AvgIpc) is 2.46. The largest absolute Gasteiger partial charge is 0.384 e. The first-order chi connectivity index (χ1) is 9.13. The molecule has 2 rings (SSSR count). The van der Waals surface area contributed by atoms with E-state index in [1.807, 2.05) is 17.9 Å². The van der Waals surface area contributed by atoms with Crippen LogP contribution in [0.1, 0.15) is 29.9 Å².